The summed E-state index contributed by atoms with van der Waals surface area (Å²) in [5.41, 5.74) is 2.77. The van der Waals surface area contributed by atoms with Crippen LogP contribution in [0.4, 0.5) is 5.82 Å². The molecular weight excluding hydrogens is 344 g/mol. The molecule has 0 amide bonds. The Morgan fingerprint density at radius 1 is 1.04 bits per heavy atom. The molecule has 3 rings (SSSR count). The summed E-state index contributed by atoms with van der Waals surface area (Å²) in [4.78, 5) is 13.4. The van der Waals surface area contributed by atoms with Gasteiger partial charge in [0.2, 0.25) is 0 Å². The molecule has 0 radical (unpaired) electrons. The SMILES string of the molecule is CC(C)(C)CN(Cc1ccc(/C=C/CN2CCCCC2)cc1)c1ccncn1. The van der Waals surface area contributed by atoms with Gasteiger partial charge in [0.15, 0.2) is 0 Å². The lowest BCUT2D eigenvalue weighted by Crippen LogP contribution is -2.32. The standard InChI is InChI=1S/C24H34N4/c1-24(2,3)19-28(23-13-14-25-20-26-23)18-22-11-9-21(10-12-22)8-7-17-27-15-5-4-6-16-27/h7-14,20H,4-6,15-19H2,1-3H3/b8-7+. The molecule has 2 heterocycles. The van der Waals surface area contributed by atoms with E-state index in [9.17, 15) is 0 Å². The Bertz CT molecular complexity index is 725. The van der Waals surface area contributed by atoms with Gasteiger partial charge in [-0.2, -0.15) is 0 Å². The van der Waals surface area contributed by atoms with Crippen molar-refractivity contribution in [2.75, 3.05) is 31.1 Å². The van der Waals surface area contributed by atoms with Gasteiger partial charge in [-0.15, -0.1) is 0 Å². The Hall–Kier alpha value is -2.20. The minimum atomic E-state index is 0.197. The molecule has 0 spiro atoms. The van der Waals surface area contributed by atoms with Gasteiger partial charge in [-0.3, -0.25) is 4.90 Å². The Labute approximate surface area is 170 Å². The highest BCUT2D eigenvalue weighted by Gasteiger charge is 2.18. The van der Waals surface area contributed by atoms with Gasteiger partial charge >= 0.3 is 0 Å². The quantitative estimate of drug-likeness (QED) is 0.676. The van der Waals surface area contributed by atoms with Crippen LogP contribution in [0, 0.1) is 5.41 Å². The second kappa shape index (κ2) is 9.83. The number of benzene rings is 1. The highest BCUT2D eigenvalue weighted by Crippen LogP contribution is 2.22. The van der Waals surface area contributed by atoms with Gasteiger partial charge in [-0.1, -0.05) is 63.6 Å². The van der Waals surface area contributed by atoms with Crippen LogP contribution in [0.1, 0.15) is 51.2 Å². The van der Waals surface area contributed by atoms with Crippen molar-refractivity contribution in [3.63, 3.8) is 0 Å². The molecule has 0 aliphatic carbocycles. The van der Waals surface area contributed by atoms with Crippen LogP contribution in [0.25, 0.3) is 6.08 Å². The van der Waals surface area contributed by atoms with Crippen molar-refractivity contribution in [1.29, 1.82) is 0 Å². The van der Waals surface area contributed by atoms with Gasteiger partial charge in [0, 0.05) is 25.8 Å². The number of hydrogen-bond acceptors (Lipinski definition) is 4. The van der Waals surface area contributed by atoms with E-state index in [1.165, 1.54) is 43.5 Å². The third-order valence-electron chi connectivity index (χ3n) is 5.03. The van der Waals surface area contributed by atoms with Crippen molar-refractivity contribution in [3.8, 4) is 0 Å². The number of hydrogen-bond donors (Lipinski definition) is 0. The monoisotopic (exact) mass is 378 g/mol. The molecule has 1 aliphatic heterocycles. The molecule has 0 unspecified atom stereocenters. The Morgan fingerprint density at radius 2 is 1.79 bits per heavy atom. The van der Waals surface area contributed by atoms with Crippen molar-refractivity contribution in [3.05, 3.63) is 60.1 Å². The fraction of sp³-hybridized carbons (Fsp3) is 0.500. The molecular formula is C24H34N4. The first-order valence-corrected chi connectivity index (χ1v) is 10.5. The van der Waals surface area contributed by atoms with E-state index in [0.29, 0.717) is 0 Å². The zero-order valence-corrected chi connectivity index (χ0v) is 17.6. The summed E-state index contributed by atoms with van der Waals surface area (Å²) < 4.78 is 0. The van der Waals surface area contributed by atoms with Crippen LogP contribution in [0.15, 0.2) is 48.9 Å². The molecule has 0 atom stereocenters. The highest BCUT2D eigenvalue weighted by atomic mass is 15.2. The van der Waals surface area contributed by atoms with Crippen molar-refractivity contribution in [1.82, 2.24) is 14.9 Å². The smallest absolute Gasteiger partial charge is 0.132 e. The summed E-state index contributed by atoms with van der Waals surface area (Å²) in [6.07, 6.45) is 12.1. The molecule has 1 saturated heterocycles. The fourth-order valence-electron chi connectivity index (χ4n) is 3.70. The van der Waals surface area contributed by atoms with E-state index in [-0.39, 0.29) is 5.41 Å². The molecule has 150 valence electrons. The van der Waals surface area contributed by atoms with Crippen molar-refractivity contribution >= 4 is 11.9 Å². The molecule has 0 N–H and O–H groups in total. The summed E-state index contributed by atoms with van der Waals surface area (Å²) in [5.74, 6) is 0.982. The largest absolute Gasteiger partial charge is 0.352 e. The van der Waals surface area contributed by atoms with E-state index < -0.39 is 0 Å². The van der Waals surface area contributed by atoms with Crippen LogP contribution < -0.4 is 4.90 Å². The Balaban J connectivity index is 1.60. The van der Waals surface area contributed by atoms with Gasteiger partial charge in [0.25, 0.3) is 0 Å². The maximum Gasteiger partial charge on any atom is 0.132 e. The van der Waals surface area contributed by atoms with Crippen LogP contribution >= 0.6 is 0 Å². The topological polar surface area (TPSA) is 32.3 Å². The van der Waals surface area contributed by atoms with E-state index in [4.69, 9.17) is 0 Å². The molecule has 4 heteroatoms. The lowest BCUT2D eigenvalue weighted by Gasteiger charge is -2.31. The van der Waals surface area contributed by atoms with Crippen molar-refractivity contribution < 1.29 is 0 Å². The number of anilines is 1. The summed E-state index contributed by atoms with van der Waals surface area (Å²) >= 11 is 0. The number of likely N-dealkylation sites (tertiary alicyclic amines) is 1. The lowest BCUT2D eigenvalue weighted by molar-refractivity contribution is 0.252. The zero-order valence-electron chi connectivity index (χ0n) is 17.6. The molecule has 1 fully saturated rings. The van der Waals surface area contributed by atoms with E-state index in [2.05, 4.69) is 77.0 Å². The van der Waals surface area contributed by atoms with Crippen LogP contribution in [0.3, 0.4) is 0 Å². The van der Waals surface area contributed by atoms with Crippen LogP contribution in [0.5, 0.6) is 0 Å². The molecule has 1 aromatic heterocycles. The molecule has 0 bridgehead atoms. The number of piperidine rings is 1. The predicted molar refractivity (Wildman–Crippen MR) is 118 cm³/mol. The minimum Gasteiger partial charge on any atom is -0.352 e. The molecule has 0 saturated carbocycles. The highest BCUT2D eigenvalue weighted by molar-refractivity contribution is 5.50. The zero-order chi connectivity index (χ0) is 19.8. The molecule has 2 aromatic rings. The average molecular weight is 379 g/mol. The van der Waals surface area contributed by atoms with E-state index in [1.807, 2.05) is 12.3 Å². The summed E-state index contributed by atoms with van der Waals surface area (Å²) in [6, 6.07) is 10.9. The van der Waals surface area contributed by atoms with E-state index in [0.717, 1.165) is 25.5 Å². The summed E-state index contributed by atoms with van der Waals surface area (Å²) in [5, 5.41) is 0. The predicted octanol–water partition coefficient (Wildman–Crippen LogP) is 5.03. The van der Waals surface area contributed by atoms with Crippen molar-refractivity contribution in [2.45, 2.75) is 46.6 Å². The van der Waals surface area contributed by atoms with Crippen LogP contribution in [0.2, 0.25) is 0 Å². The van der Waals surface area contributed by atoms with Crippen LogP contribution in [-0.4, -0.2) is 41.0 Å². The molecule has 1 aromatic carbocycles. The normalized spacial score (nSPS) is 15.8. The summed E-state index contributed by atoms with van der Waals surface area (Å²) in [6.45, 7) is 12.1. The van der Waals surface area contributed by atoms with Gasteiger partial charge in [0.05, 0.1) is 0 Å². The van der Waals surface area contributed by atoms with Gasteiger partial charge in [0.1, 0.15) is 12.1 Å². The first-order chi connectivity index (χ1) is 13.5. The second-order valence-corrected chi connectivity index (χ2v) is 8.99. The number of nitrogens with zero attached hydrogens (tertiary/aromatic N) is 4. The van der Waals surface area contributed by atoms with E-state index >= 15 is 0 Å². The van der Waals surface area contributed by atoms with E-state index in [1.54, 1.807) is 6.33 Å². The third kappa shape index (κ3) is 6.75. The van der Waals surface area contributed by atoms with Gasteiger partial charge < -0.3 is 4.90 Å². The third-order valence-corrected chi connectivity index (χ3v) is 5.03. The summed E-state index contributed by atoms with van der Waals surface area (Å²) in [7, 11) is 0. The number of aromatic nitrogens is 2. The minimum absolute atomic E-state index is 0.197. The average Bonchev–Trinajstić information content (AvgIpc) is 2.69. The number of rotatable bonds is 7. The maximum absolute atomic E-state index is 4.46. The molecule has 28 heavy (non-hydrogen) atoms. The Kier molecular flexibility index (Phi) is 7.21. The van der Waals surface area contributed by atoms with Gasteiger partial charge in [-0.25, -0.2) is 9.97 Å². The fourth-order valence-corrected chi connectivity index (χ4v) is 3.70. The maximum atomic E-state index is 4.46. The molecule has 4 nitrogen and oxygen atoms in total. The van der Waals surface area contributed by atoms with Crippen LogP contribution in [-0.2, 0) is 6.54 Å². The second-order valence-electron chi connectivity index (χ2n) is 8.99. The molecule has 1 aliphatic rings. The van der Waals surface area contributed by atoms with Crippen molar-refractivity contribution in [2.24, 2.45) is 5.41 Å². The first-order valence-electron chi connectivity index (χ1n) is 10.5. The Morgan fingerprint density at radius 3 is 2.43 bits per heavy atom. The first kappa shape index (κ1) is 20.5. The lowest BCUT2D eigenvalue weighted by atomic mass is 9.95. The van der Waals surface area contributed by atoms with Gasteiger partial charge in [-0.05, 0) is 48.5 Å².